The number of ether oxygens (including phenoxy) is 1. The molecular formula is C35H30N2O5. The van der Waals surface area contributed by atoms with Gasteiger partial charge in [0.2, 0.25) is 17.6 Å². The number of para-hydroxylation sites is 1. The number of carbonyl (C=O) groups excluding carboxylic acids is 4. The second kappa shape index (κ2) is 10.8. The predicted octanol–water partition coefficient (Wildman–Crippen LogP) is 6.40. The van der Waals surface area contributed by atoms with Crippen molar-refractivity contribution in [2.24, 2.45) is 11.8 Å². The lowest BCUT2D eigenvalue weighted by Crippen LogP contribution is -2.30. The van der Waals surface area contributed by atoms with Gasteiger partial charge in [0.15, 0.2) is 6.10 Å². The zero-order valence-corrected chi connectivity index (χ0v) is 23.7. The number of aromatic nitrogens is 1. The normalized spacial score (nSPS) is 18.7. The van der Waals surface area contributed by atoms with E-state index in [1.54, 1.807) is 49.4 Å². The van der Waals surface area contributed by atoms with Crippen LogP contribution in [0.4, 0.5) is 5.69 Å². The lowest BCUT2D eigenvalue weighted by atomic mass is 9.85. The molecule has 7 heteroatoms. The van der Waals surface area contributed by atoms with Crippen molar-refractivity contribution in [3.8, 4) is 11.3 Å². The van der Waals surface area contributed by atoms with Crippen LogP contribution in [0.5, 0.6) is 0 Å². The van der Waals surface area contributed by atoms with Gasteiger partial charge in [0.1, 0.15) is 0 Å². The van der Waals surface area contributed by atoms with Crippen molar-refractivity contribution in [3.05, 3.63) is 107 Å². The molecular weight excluding hydrogens is 528 g/mol. The first kappa shape index (κ1) is 27.3. The number of rotatable bonds is 6. The van der Waals surface area contributed by atoms with Gasteiger partial charge < -0.3 is 4.74 Å². The van der Waals surface area contributed by atoms with E-state index in [-0.39, 0.29) is 29.4 Å². The summed E-state index contributed by atoms with van der Waals surface area (Å²) in [5.74, 6) is -1.84. The maximum absolute atomic E-state index is 13.5. The Labute approximate surface area is 243 Å². The molecule has 1 aromatic heterocycles. The number of hydrogen-bond acceptors (Lipinski definition) is 6. The van der Waals surface area contributed by atoms with Crippen LogP contribution in [-0.2, 0) is 14.3 Å². The zero-order chi connectivity index (χ0) is 29.5. The number of allylic oxidation sites excluding steroid dienone is 2. The lowest BCUT2D eigenvalue weighted by molar-refractivity contribution is -0.122. The van der Waals surface area contributed by atoms with Crippen LogP contribution in [0.2, 0.25) is 0 Å². The Hall–Kier alpha value is -4.91. The van der Waals surface area contributed by atoms with Crippen LogP contribution in [0.15, 0.2) is 84.9 Å². The maximum Gasteiger partial charge on any atom is 0.339 e. The second-order valence-corrected chi connectivity index (χ2v) is 11.0. The van der Waals surface area contributed by atoms with Crippen molar-refractivity contribution in [3.63, 3.8) is 0 Å². The number of anilines is 1. The second-order valence-electron chi connectivity index (χ2n) is 11.0. The van der Waals surface area contributed by atoms with E-state index in [1.807, 2.05) is 56.3 Å². The molecule has 2 aliphatic rings. The number of nitrogens with zero attached hydrogens (tertiary/aromatic N) is 2. The number of aryl methyl sites for hydroxylation is 2. The summed E-state index contributed by atoms with van der Waals surface area (Å²) in [7, 11) is 0. The number of esters is 1. The Kier molecular flexibility index (Phi) is 7.02. The van der Waals surface area contributed by atoms with Crippen LogP contribution in [-0.4, -0.2) is 34.7 Å². The molecule has 6 rings (SSSR count). The molecule has 42 heavy (non-hydrogen) atoms. The van der Waals surface area contributed by atoms with Gasteiger partial charge in [0.25, 0.3) is 0 Å². The number of carbonyl (C=O) groups is 4. The lowest BCUT2D eigenvalue weighted by Gasteiger charge is -2.16. The van der Waals surface area contributed by atoms with E-state index >= 15 is 0 Å². The number of Topliss-reactive ketones (excluding diaryl/α,β-unsaturated/α-hetero) is 1. The van der Waals surface area contributed by atoms with Gasteiger partial charge in [-0.1, -0.05) is 72.3 Å². The fraction of sp³-hybridized carbons (Fsp3) is 0.229. The van der Waals surface area contributed by atoms with E-state index in [0.29, 0.717) is 51.8 Å². The van der Waals surface area contributed by atoms with Crippen molar-refractivity contribution in [1.29, 1.82) is 0 Å². The molecule has 1 saturated heterocycles. The highest BCUT2D eigenvalue weighted by Gasteiger charge is 2.47. The number of ketones is 1. The number of fused-ring (bicyclic) bond motifs is 2. The summed E-state index contributed by atoms with van der Waals surface area (Å²) in [6, 6.07) is 21.4. The monoisotopic (exact) mass is 558 g/mol. The molecule has 3 aromatic carbocycles. The summed E-state index contributed by atoms with van der Waals surface area (Å²) in [5.41, 5.74) is 5.09. The molecule has 4 aromatic rings. The van der Waals surface area contributed by atoms with Gasteiger partial charge in [-0.15, -0.1) is 0 Å². The standard InChI is InChI=1S/C35H30N2O5/c1-20-11-13-24(14-12-20)32(38)22(3)42-35(41)29-19-30(36-31-21(2)7-6-10-26(29)31)23-15-17-25(18-16-23)37-33(39)27-8-4-5-9-28(27)34(37)40/h4-7,10-19,22,27-28H,8-9H2,1-3H3. The Morgan fingerprint density at radius 2 is 1.52 bits per heavy atom. The van der Waals surface area contributed by atoms with E-state index in [4.69, 9.17) is 9.72 Å². The Morgan fingerprint density at radius 1 is 0.881 bits per heavy atom. The van der Waals surface area contributed by atoms with Gasteiger partial charge in [-0.3, -0.25) is 19.3 Å². The van der Waals surface area contributed by atoms with E-state index in [1.165, 1.54) is 4.90 Å². The van der Waals surface area contributed by atoms with Gasteiger partial charge in [-0.05, 0) is 57.4 Å². The molecule has 1 fully saturated rings. The SMILES string of the molecule is Cc1ccc(C(=O)C(C)OC(=O)c2cc(-c3ccc(N4C(=O)C5CC=CCC5C4=O)cc3)nc3c(C)cccc23)cc1. The molecule has 2 amide bonds. The largest absolute Gasteiger partial charge is 0.451 e. The maximum atomic E-state index is 13.5. The molecule has 210 valence electrons. The highest BCUT2D eigenvalue weighted by Crippen LogP contribution is 2.38. The molecule has 1 aliphatic heterocycles. The molecule has 0 saturated carbocycles. The van der Waals surface area contributed by atoms with Crippen LogP contribution in [0.25, 0.3) is 22.2 Å². The van der Waals surface area contributed by atoms with E-state index < -0.39 is 12.1 Å². The third-order valence-electron chi connectivity index (χ3n) is 8.18. The fourth-order valence-corrected chi connectivity index (χ4v) is 5.77. The predicted molar refractivity (Wildman–Crippen MR) is 160 cm³/mol. The molecule has 0 N–H and O–H groups in total. The zero-order valence-electron chi connectivity index (χ0n) is 23.7. The van der Waals surface area contributed by atoms with Crippen LogP contribution < -0.4 is 4.90 Å². The molecule has 7 nitrogen and oxygen atoms in total. The molecule has 1 aliphatic carbocycles. The van der Waals surface area contributed by atoms with E-state index in [2.05, 4.69) is 0 Å². The van der Waals surface area contributed by atoms with Crippen molar-refractivity contribution in [1.82, 2.24) is 4.98 Å². The summed E-state index contributed by atoms with van der Waals surface area (Å²) in [6.45, 7) is 5.43. The van der Waals surface area contributed by atoms with Gasteiger partial charge in [-0.25, -0.2) is 9.78 Å². The third kappa shape index (κ3) is 4.81. The summed E-state index contributed by atoms with van der Waals surface area (Å²) in [4.78, 5) is 58.6. The minimum atomic E-state index is -0.981. The van der Waals surface area contributed by atoms with Crippen LogP contribution in [0.1, 0.15) is 51.6 Å². The Morgan fingerprint density at radius 3 is 2.17 bits per heavy atom. The van der Waals surface area contributed by atoms with Crippen LogP contribution in [0, 0.1) is 25.7 Å². The van der Waals surface area contributed by atoms with Gasteiger partial charge in [0.05, 0.1) is 34.3 Å². The van der Waals surface area contributed by atoms with Crippen LogP contribution >= 0.6 is 0 Å². The number of pyridine rings is 1. The molecule has 0 radical (unpaired) electrons. The van der Waals surface area contributed by atoms with Gasteiger partial charge in [0, 0.05) is 16.5 Å². The Balaban J connectivity index is 1.30. The van der Waals surface area contributed by atoms with Gasteiger partial charge >= 0.3 is 5.97 Å². The number of amides is 2. The van der Waals surface area contributed by atoms with Crippen molar-refractivity contribution >= 4 is 40.2 Å². The topological polar surface area (TPSA) is 93.6 Å². The van der Waals surface area contributed by atoms with Crippen molar-refractivity contribution in [2.75, 3.05) is 4.90 Å². The summed E-state index contributed by atoms with van der Waals surface area (Å²) in [6.07, 6.45) is 4.11. The first-order chi connectivity index (χ1) is 20.2. The van der Waals surface area contributed by atoms with Crippen molar-refractivity contribution < 1.29 is 23.9 Å². The highest BCUT2D eigenvalue weighted by molar-refractivity contribution is 6.22. The fourth-order valence-electron chi connectivity index (χ4n) is 5.77. The number of imide groups is 1. The number of benzene rings is 3. The number of hydrogen-bond donors (Lipinski definition) is 0. The summed E-state index contributed by atoms with van der Waals surface area (Å²) < 4.78 is 5.68. The van der Waals surface area contributed by atoms with E-state index in [0.717, 1.165) is 11.1 Å². The minimum absolute atomic E-state index is 0.166. The molecule has 0 bridgehead atoms. The van der Waals surface area contributed by atoms with Gasteiger partial charge in [-0.2, -0.15) is 0 Å². The summed E-state index contributed by atoms with van der Waals surface area (Å²) in [5, 5.41) is 0.625. The van der Waals surface area contributed by atoms with E-state index in [9.17, 15) is 19.2 Å². The van der Waals surface area contributed by atoms with Crippen molar-refractivity contribution in [2.45, 2.75) is 39.7 Å². The highest BCUT2D eigenvalue weighted by atomic mass is 16.5. The average Bonchev–Trinajstić information content (AvgIpc) is 3.26. The molecule has 2 heterocycles. The first-order valence-electron chi connectivity index (χ1n) is 14.1. The Bertz CT molecular complexity index is 1750. The minimum Gasteiger partial charge on any atom is -0.451 e. The molecule has 0 spiro atoms. The quantitative estimate of drug-likeness (QED) is 0.118. The van der Waals surface area contributed by atoms with Crippen LogP contribution in [0.3, 0.4) is 0 Å². The smallest absolute Gasteiger partial charge is 0.339 e. The molecule has 3 unspecified atom stereocenters. The third-order valence-corrected chi connectivity index (χ3v) is 8.18. The molecule has 3 atom stereocenters. The first-order valence-corrected chi connectivity index (χ1v) is 14.1. The summed E-state index contributed by atoms with van der Waals surface area (Å²) >= 11 is 0. The average molecular weight is 559 g/mol.